The van der Waals surface area contributed by atoms with Gasteiger partial charge in [0.15, 0.2) is 0 Å². The molecule has 0 heterocycles. The summed E-state index contributed by atoms with van der Waals surface area (Å²) in [5, 5.41) is 19.9. The topological polar surface area (TPSA) is 86.6 Å². The minimum Gasteiger partial charge on any atom is -0.480 e. The summed E-state index contributed by atoms with van der Waals surface area (Å²) < 4.78 is 0.565. The zero-order valence-electron chi connectivity index (χ0n) is 8.53. The largest absolute Gasteiger partial charge is 0.480 e. The molecule has 7 heteroatoms. The summed E-state index contributed by atoms with van der Waals surface area (Å²) >= 11 is 1.89. The van der Waals surface area contributed by atoms with E-state index in [1.807, 2.05) is 22.6 Å². The van der Waals surface area contributed by atoms with Gasteiger partial charge in [0.25, 0.3) is 0 Å². The van der Waals surface area contributed by atoms with Gasteiger partial charge in [-0.25, -0.2) is 4.79 Å². The van der Waals surface area contributed by atoms with Crippen LogP contribution in [0.1, 0.15) is 10.4 Å². The van der Waals surface area contributed by atoms with Crippen molar-refractivity contribution < 1.29 is 19.8 Å². The number of nitrogens with one attached hydrogen (secondary N) is 1. The first kappa shape index (κ1) is 16.3. The summed E-state index contributed by atoms with van der Waals surface area (Å²) in [6, 6.07) is 4.85. The Morgan fingerprint density at radius 1 is 1.31 bits per heavy atom. The van der Waals surface area contributed by atoms with Crippen molar-refractivity contribution in [3.05, 3.63) is 27.3 Å². The molecule has 0 aliphatic heterocycles. The third-order valence-corrected chi connectivity index (χ3v) is 2.56. The van der Waals surface area contributed by atoms with Crippen LogP contribution in [0.25, 0.3) is 0 Å². The first-order valence-corrected chi connectivity index (χ1v) is 5.07. The Hall–Kier alpha value is 0.326. The molecule has 0 saturated carbocycles. The second-order valence-corrected chi connectivity index (χ2v) is 3.88. The number of carboxylic acids is 2. The Kier molecular flexibility index (Phi) is 7.77. The molecule has 0 spiro atoms. The van der Waals surface area contributed by atoms with E-state index in [0.717, 1.165) is 0 Å². The fourth-order valence-corrected chi connectivity index (χ4v) is 1.79. The van der Waals surface area contributed by atoms with Crippen molar-refractivity contribution >= 4 is 91.6 Å². The van der Waals surface area contributed by atoms with E-state index in [-0.39, 0.29) is 63.5 Å². The number of aromatic carboxylic acids is 1. The standard InChI is InChI=1S/C9H8INO4.K/c10-5-2-1-3-6(8(5)9(14)15)11-4-7(12)13;/h1-3,11H,4H2,(H,12,13)(H,14,15);. The number of halogens is 1. The summed E-state index contributed by atoms with van der Waals surface area (Å²) in [7, 11) is 0. The number of hydrogen-bond acceptors (Lipinski definition) is 3. The number of aliphatic carboxylic acids is 1. The van der Waals surface area contributed by atoms with Crippen LogP contribution in [0.15, 0.2) is 18.2 Å². The molecule has 0 unspecified atom stereocenters. The number of anilines is 1. The molecule has 5 nitrogen and oxygen atoms in total. The Balaban J connectivity index is 0.00000225. The van der Waals surface area contributed by atoms with Crippen LogP contribution in [-0.2, 0) is 4.79 Å². The third-order valence-electron chi connectivity index (χ3n) is 1.66. The molecule has 3 N–H and O–H groups in total. The van der Waals surface area contributed by atoms with Crippen LogP contribution in [0, 0.1) is 3.57 Å². The molecule has 81 valence electrons. The molecule has 0 amide bonds. The van der Waals surface area contributed by atoms with Crippen LogP contribution in [0.3, 0.4) is 0 Å². The zero-order valence-corrected chi connectivity index (χ0v) is 13.8. The number of hydrogen-bond donors (Lipinski definition) is 3. The predicted octanol–water partition coefficient (Wildman–Crippen LogP) is 1.11. The van der Waals surface area contributed by atoms with E-state index in [9.17, 15) is 9.59 Å². The van der Waals surface area contributed by atoms with E-state index in [1.54, 1.807) is 12.1 Å². The maximum atomic E-state index is 10.9. The maximum absolute atomic E-state index is 10.9. The van der Waals surface area contributed by atoms with Crippen molar-refractivity contribution in [2.24, 2.45) is 0 Å². The SMILES string of the molecule is O=C(O)CNc1cccc(I)c1C(=O)O.[K]. The van der Waals surface area contributed by atoms with E-state index in [1.165, 1.54) is 6.07 Å². The molecule has 0 saturated heterocycles. The van der Waals surface area contributed by atoms with Crippen molar-refractivity contribution in [2.75, 3.05) is 11.9 Å². The summed E-state index contributed by atoms with van der Waals surface area (Å²) in [6.45, 7) is -0.305. The van der Waals surface area contributed by atoms with Gasteiger partial charge in [0, 0.05) is 55.0 Å². The molecule has 1 rings (SSSR count). The minimum atomic E-state index is -1.08. The molecule has 0 aliphatic carbocycles. The van der Waals surface area contributed by atoms with Crippen LogP contribution >= 0.6 is 22.6 Å². The summed E-state index contributed by atoms with van der Waals surface area (Å²) in [4.78, 5) is 21.2. The van der Waals surface area contributed by atoms with Crippen LogP contribution in [0.4, 0.5) is 5.69 Å². The molecule has 0 atom stereocenters. The molecule has 0 fully saturated rings. The fraction of sp³-hybridized carbons (Fsp3) is 0.111. The molecule has 16 heavy (non-hydrogen) atoms. The van der Waals surface area contributed by atoms with E-state index in [2.05, 4.69) is 5.32 Å². The van der Waals surface area contributed by atoms with E-state index in [0.29, 0.717) is 9.26 Å². The average molecular weight is 360 g/mol. The number of rotatable bonds is 4. The first-order chi connectivity index (χ1) is 7.02. The third kappa shape index (κ3) is 4.68. The molecule has 1 aromatic carbocycles. The van der Waals surface area contributed by atoms with Crippen molar-refractivity contribution in [2.45, 2.75) is 0 Å². The number of benzene rings is 1. The molecule has 1 radical (unpaired) electrons. The maximum Gasteiger partial charge on any atom is 0.338 e. The van der Waals surface area contributed by atoms with Gasteiger partial charge in [0.1, 0.15) is 6.54 Å². The van der Waals surface area contributed by atoms with Gasteiger partial charge in [0.05, 0.1) is 11.3 Å². The van der Waals surface area contributed by atoms with Gasteiger partial charge in [-0.05, 0) is 34.7 Å². The first-order valence-electron chi connectivity index (χ1n) is 4.00. The molecule has 0 aliphatic rings. The molecule has 1 aromatic rings. The van der Waals surface area contributed by atoms with E-state index >= 15 is 0 Å². The van der Waals surface area contributed by atoms with E-state index < -0.39 is 11.9 Å². The van der Waals surface area contributed by atoms with Gasteiger partial charge in [-0.3, -0.25) is 4.79 Å². The van der Waals surface area contributed by atoms with Gasteiger partial charge in [-0.2, -0.15) is 0 Å². The minimum absolute atomic E-state index is 0. The van der Waals surface area contributed by atoms with Gasteiger partial charge < -0.3 is 15.5 Å². The van der Waals surface area contributed by atoms with Crippen LogP contribution < -0.4 is 5.32 Å². The monoisotopic (exact) mass is 360 g/mol. The van der Waals surface area contributed by atoms with Gasteiger partial charge in [0.2, 0.25) is 0 Å². The smallest absolute Gasteiger partial charge is 0.338 e. The molecule has 0 bridgehead atoms. The second-order valence-electron chi connectivity index (χ2n) is 2.71. The van der Waals surface area contributed by atoms with Crippen molar-refractivity contribution in [3.8, 4) is 0 Å². The second kappa shape index (κ2) is 7.61. The van der Waals surface area contributed by atoms with Crippen molar-refractivity contribution in [1.29, 1.82) is 0 Å². The zero-order chi connectivity index (χ0) is 11.4. The average Bonchev–Trinajstić information content (AvgIpc) is 2.13. The quantitative estimate of drug-likeness (QED) is 0.553. The van der Waals surface area contributed by atoms with E-state index in [4.69, 9.17) is 10.2 Å². The van der Waals surface area contributed by atoms with Crippen molar-refractivity contribution in [3.63, 3.8) is 0 Å². The number of carbonyl (C=O) groups is 2. The normalized spacial score (nSPS) is 9.06. The molecule has 0 aromatic heterocycles. The Morgan fingerprint density at radius 3 is 2.44 bits per heavy atom. The van der Waals surface area contributed by atoms with Gasteiger partial charge >= 0.3 is 11.9 Å². The summed E-state index contributed by atoms with van der Waals surface area (Å²) in [5.41, 5.74) is 0.413. The van der Waals surface area contributed by atoms with Crippen LogP contribution in [0.5, 0.6) is 0 Å². The predicted molar refractivity (Wildman–Crippen MR) is 68.0 cm³/mol. The summed E-state index contributed by atoms with van der Waals surface area (Å²) in [5.74, 6) is -2.11. The molecular formula is C9H8IKNO4. The van der Waals surface area contributed by atoms with Crippen molar-refractivity contribution in [1.82, 2.24) is 0 Å². The molecular weight excluding hydrogens is 352 g/mol. The number of carboxylic acid groups (broad SMARTS) is 2. The Bertz CT molecular complexity index is 410. The fourth-order valence-electron chi connectivity index (χ4n) is 1.06. The van der Waals surface area contributed by atoms with Gasteiger partial charge in [-0.15, -0.1) is 0 Å². The van der Waals surface area contributed by atoms with Crippen LogP contribution in [-0.4, -0.2) is 80.1 Å². The Morgan fingerprint density at radius 2 is 1.94 bits per heavy atom. The van der Waals surface area contributed by atoms with Gasteiger partial charge in [-0.1, -0.05) is 6.07 Å². The summed E-state index contributed by atoms with van der Waals surface area (Å²) in [6.07, 6.45) is 0. The van der Waals surface area contributed by atoms with Crippen LogP contribution in [0.2, 0.25) is 0 Å². The Labute approximate surface area is 148 Å².